The fourth-order valence-corrected chi connectivity index (χ4v) is 1.99. The average molecular weight is 281 g/mol. The van der Waals surface area contributed by atoms with E-state index in [9.17, 15) is 0 Å². The smallest absolute Gasteiger partial charge is 0.106 e. The van der Waals surface area contributed by atoms with Gasteiger partial charge in [-0.1, -0.05) is 23.8 Å². The highest BCUT2D eigenvalue weighted by atomic mass is 35.5. The Bertz CT molecular complexity index is 579. The molecule has 0 fully saturated rings. The van der Waals surface area contributed by atoms with Crippen LogP contribution in [0.4, 0.5) is 5.69 Å². The summed E-state index contributed by atoms with van der Waals surface area (Å²) in [6, 6.07) is 7.34. The third-order valence-corrected chi connectivity index (χ3v) is 3.08. The van der Waals surface area contributed by atoms with E-state index in [0.717, 1.165) is 16.9 Å². The largest absolute Gasteiger partial charge is 0.389 e. The molecule has 1 heterocycles. The third kappa shape index (κ3) is 2.80. The van der Waals surface area contributed by atoms with E-state index in [1.54, 1.807) is 16.9 Å². The highest BCUT2D eigenvalue weighted by molar-refractivity contribution is 7.80. The Hall–Kier alpha value is -1.59. The van der Waals surface area contributed by atoms with E-state index in [1.807, 2.05) is 25.2 Å². The second kappa shape index (κ2) is 5.37. The number of anilines is 1. The van der Waals surface area contributed by atoms with Crippen LogP contribution in [-0.4, -0.2) is 14.8 Å². The van der Waals surface area contributed by atoms with Gasteiger partial charge in [-0.3, -0.25) is 4.68 Å². The summed E-state index contributed by atoms with van der Waals surface area (Å²) in [5.74, 6) is 0. The Balaban J connectivity index is 2.20. The van der Waals surface area contributed by atoms with Crippen molar-refractivity contribution in [2.24, 2.45) is 12.8 Å². The lowest BCUT2D eigenvalue weighted by atomic mass is 10.1. The lowest BCUT2D eigenvalue weighted by Crippen LogP contribution is -2.14. The number of hydrogen-bond donors (Lipinski definition) is 2. The zero-order chi connectivity index (χ0) is 13.1. The topological polar surface area (TPSA) is 55.9 Å². The van der Waals surface area contributed by atoms with Gasteiger partial charge in [0.25, 0.3) is 0 Å². The van der Waals surface area contributed by atoms with Gasteiger partial charge in [-0.15, -0.1) is 0 Å². The zero-order valence-corrected chi connectivity index (χ0v) is 11.4. The Morgan fingerprint density at radius 2 is 2.28 bits per heavy atom. The Kier molecular flexibility index (Phi) is 3.84. The molecule has 0 saturated carbocycles. The van der Waals surface area contributed by atoms with Gasteiger partial charge in [-0.25, -0.2) is 0 Å². The zero-order valence-electron chi connectivity index (χ0n) is 9.85. The highest BCUT2D eigenvalue weighted by Crippen LogP contribution is 2.21. The number of nitrogens with zero attached hydrogens (tertiary/aromatic N) is 2. The van der Waals surface area contributed by atoms with Crippen molar-refractivity contribution >= 4 is 34.5 Å². The van der Waals surface area contributed by atoms with Gasteiger partial charge in [-0.2, -0.15) is 5.10 Å². The summed E-state index contributed by atoms with van der Waals surface area (Å²) in [5.41, 5.74) is 8.35. The molecule has 18 heavy (non-hydrogen) atoms. The SMILES string of the molecule is Cn1nccc1CNc1cc(Cl)ccc1C(N)=S. The number of nitrogens with two attached hydrogens (primary N) is 1. The van der Waals surface area contributed by atoms with Crippen molar-refractivity contribution in [3.8, 4) is 0 Å². The van der Waals surface area contributed by atoms with Gasteiger partial charge in [0.05, 0.1) is 12.2 Å². The molecule has 3 N–H and O–H groups in total. The molecule has 2 rings (SSSR count). The minimum Gasteiger partial charge on any atom is -0.389 e. The summed E-state index contributed by atoms with van der Waals surface area (Å²) in [5, 5.41) is 8.01. The number of thiocarbonyl (C=S) groups is 1. The second-order valence-corrected chi connectivity index (χ2v) is 4.73. The first-order chi connectivity index (χ1) is 8.58. The summed E-state index contributed by atoms with van der Waals surface area (Å²) >= 11 is 11.0. The van der Waals surface area contributed by atoms with E-state index < -0.39 is 0 Å². The number of aryl methyl sites for hydroxylation is 1. The number of aromatic nitrogens is 2. The van der Waals surface area contributed by atoms with Crippen LogP contribution < -0.4 is 11.1 Å². The van der Waals surface area contributed by atoms with Crippen LogP contribution in [0.3, 0.4) is 0 Å². The molecule has 4 nitrogen and oxygen atoms in total. The Morgan fingerprint density at radius 3 is 2.89 bits per heavy atom. The summed E-state index contributed by atoms with van der Waals surface area (Å²) in [6.45, 7) is 0.631. The molecular weight excluding hydrogens is 268 g/mol. The molecule has 2 aromatic rings. The first-order valence-electron chi connectivity index (χ1n) is 5.38. The molecular formula is C12H13ClN4S. The minimum absolute atomic E-state index is 0.346. The van der Waals surface area contributed by atoms with Crippen molar-refractivity contribution in [3.05, 3.63) is 46.7 Å². The predicted octanol–water partition coefficient (Wildman–Crippen LogP) is 2.32. The van der Waals surface area contributed by atoms with Gasteiger partial charge in [0, 0.05) is 29.5 Å². The normalized spacial score (nSPS) is 10.3. The van der Waals surface area contributed by atoms with Gasteiger partial charge >= 0.3 is 0 Å². The quantitative estimate of drug-likeness (QED) is 0.844. The van der Waals surface area contributed by atoms with Crippen LogP contribution in [0.2, 0.25) is 5.02 Å². The van der Waals surface area contributed by atoms with Crippen LogP contribution in [0.1, 0.15) is 11.3 Å². The molecule has 0 aliphatic heterocycles. The van der Waals surface area contributed by atoms with Crippen LogP contribution in [0.25, 0.3) is 0 Å². The van der Waals surface area contributed by atoms with Gasteiger partial charge in [0.15, 0.2) is 0 Å². The van der Waals surface area contributed by atoms with Crippen LogP contribution in [0.15, 0.2) is 30.5 Å². The maximum atomic E-state index is 5.97. The Labute approximate surface area is 116 Å². The number of hydrogen-bond acceptors (Lipinski definition) is 3. The lowest BCUT2D eigenvalue weighted by Gasteiger charge is -2.11. The van der Waals surface area contributed by atoms with Crippen molar-refractivity contribution < 1.29 is 0 Å². The standard InChI is InChI=1S/C12H13ClN4S/c1-17-9(4-5-16-17)7-15-11-6-8(13)2-3-10(11)12(14)18/h2-6,15H,7H2,1H3,(H2,14,18). The molecule has 0 aliphatic rings. The fraction of sp³-hybridized carbons (Fsp3) is 0.167. The van der Waals surface area contributed by atoms with Crippen molar-refractivity contribution in [1.82, 2.24) is 9.78 Å². The average Bonchev–Trinajstić information content (AvgIpc) is 2.72. The van der Waals surface area contributed by atoms with Crippen molar-refractivity contribution in [2.75, 3.05) is 5.32 Å². The molecule has 94 valence electrons. The third-order valence-electron chi connectivity index (χ3n) is 2.63. The minimum atomic E-state index is 0.346. The molecule has 0 saturated heterocycles. The number of rotatable bonds is 4. The lowest BCUT2D eigenvalue weighted by molar-refractivity contribution is 0.720. The van der Waals surface area contributed by atoms with Crippen LogP contribution >= 0.6 is 23.8 Å². The molecule has 6 heteroatoms. The number of benzene rings is 1. The molecule has 1 aromatic carbocycles. The number of nitrogens with one attached hydrogen (secondary N) is 1. The van der Waals surface area contributed by atoms with E-state index in [2.05, 4.69) is 10.4 Å². The summed E-state index contributed by atoms with van der Waals surface area (Å²) in [7, 11) is 1.89. The molecule has 0 spiro atoms. The maximum Gasteiger partial charge on any atom is 0.106 e. The molecule has 0 aliphatic carbocycles. The predicted molar refractivity (Wildman–Crippen MR) is 77.9 cm³/mol. The summed E-state index contributed by atoms with van der Waals surface area (Å²) in [4.78, 5) is 0.346. The van der Waals surface area contributed by atoms with Gasteiger partial charge in [0.2, 0.25) is 0 Å². The molecule has 0 amide bonds. The van der Waals surface area contributed by atoms with Gasteiger partial charge in [-0.05, 0) is 24.3 Å². The molecule has 1 aromatic heterocycles. The first kappa shape index (κ1) is 12.9. The summed E-state index contributed by atoms with van der Waals surface area (Å²) in [6.07, 6.45) is 1.75. The van der Waals surface area contributed by atoms with Crippen molar-refractivity contribution in [1.29, 1.82) is 0 Å². The summed E-state index contributed by atoms with van der Waals surface area (Å²) < 4.78 is 1.80. The molecule has 0 unspecified atom stereocenters. The van der Waals surface area contributed by atoms with Crippen molar-refractivity contribution in [2.45, 2.75) is 6.54 Å². The van der Waals surface area contributed by atoms with Gasteiger partial charge in [0.1, 0.15) is 4.99 Å². The van der Waals surface area contributed by atoms with E-state index in [0.29, 0.717) is 16.6 Å². The number of halogens is 1. The van der Waals surface area contributed by atoms with E-state index >= 15 is 0 Å². The molecule has 0 bridgehead atoms. The van der Waals surface area contributed by atoms with Crippen LogP contribution in [-0.2, 0) is 13.6 Å². The fourth-order valence-electron chi connectivity index (χ4n) is 1.64. The van der Waals surface area contributed by atoms with Crippen molar-refractivity contribution in [3.63, 3.8) is 0 Å². The highest BCUT2D eigenvalue weighted by Gasteiger charge is 2.06. The van der Waals surface area contributed by atoms with Crippen LogP contribution in [0.5, 0.6) is 0 Å². The first-order valence-corrected chi connectivity index (χ1v) is 6.16. The van der Waals surface area contributed by atoms with Gasteiger partial charge < -0.3 is 11.1 Å². The second-order valence-electron chi connectivity index (χ2n) is 3.85. The Morgan fingerprint density at radius 1 is 1.50 bits per heavy atom. The van der Waals surface area contributed by atoms with E-state index in [-0.39, 0.29) is 0 Å². The molecule has 0 atom stereocenters. The monoisotopic (exact) mass is 280 g/mol. The maximum absolute atomic E-state index is 5.97. The van der Waals surface area contributed by atoms with E-state index in [1.165, 1.54) is 0 Å². The van der Waals surface area contributed by atoms with Crippen LogP contribution in [0, 0.1) is 0 Å². The van der Waals surface area contributed by atoms with E-state index in [4.69, 9.17) is 29.6 Å². The molecule has 0 radical (unpaired) electrons.